The molecule has 1 saturated carbocycles. The van der Waals surface area contributed by atoms with Crippen LogP contribution in [0, 0.1) is 5.92 Å². The first kappa shape index (κ1) is 26.3. The Morgan fingerprint density at radius 1 is 1.15 bits per heavy atom. The number of rotatable bonds is 8. The summed E-state index contributed by atoms with van der Waals surface area (Å²) in [7, 11) is 2.09. The van der Waals surface area contributed by atoms with Crippen LogP contribution in [-0.2, 0) is 17.9 Å². The maximum Gasteiger partial charge on any atom is 0.406 e. The van der Waals surface area contributed by atoms with E-state index < -0.39 is 12.7 Å². The maximum atomic E-state index is 13.7. The minimum absolute atomic E-state index is 0.0269. The highest BCUT2D eigenvalue weighted by atomic mass is 32.1. The molecule has 12 heteroatoms. The summed E-state index contributed by atoms with van der Waals surface area (Å²) in [5, 5.41) is 18.6. The minimum atomic E-state index is -4.40. The Labute approximate surface area is 232 Å². The Balaban J connectivity index is 1.22. The predicted molar refractivity (Wildman–Crippen MR) is 148 cm³/mol. The van der Waals surface area contributed by atoms with E-state index in [2.05, 4.69) is 32.8 Å². The lowest BCUT2D eigenvalue weighted by Crippen LogP contribution is -2.36. The third-order valence-corrected chi connectivity index (χ3v) is 9.45. The monoisotopic (exact) mass is 574 g/mol. The van der Waals surface area contributed by atoms with E-state index in [4.69, 9.17) is 0 Å². The molecule has 1 aliphatic carbocycles. The molecular weight excluding hydrogens is 545 g/mol. The lowest BCUT2D eigenvalue weighted by molar-refractivity contribution is -0.139. The third-order valence-electron chi connectivity index (χ3n) is 7.50. The summed E-state index contributed by atoms with van der Waals surface area (Å²) in [5.74, 6) is 0.201. The molecule has 39 heavy (non-hydrogen) atoms. The maximum absolute atomic E-state index is 13.7. The van der Waals surface area contributed by atoms with Gasteiger partial charge < -0.3 is 20.1 Å². The van der Waals surface area contributed by atoms with Gasteiger partial charge in [0.1, 0.15) is 11.6 Å². The zero-order valence-electron chi connectivity index (χ0n) is 21.4. The van der Waals surface area contributed by atoms with Crippen LogP contribution in [0.4, 0.5) is 18.9 Å². The first-order valence-corrected chi connectivity index (χ1v) is 14.7. The Morgan fingerprint density at radius 3 is 2.72 bits per heavy atom. The first-order chi connectivity index (χ1) is 18.7. The van der Waals surface area contributed by atoms with Crippen molar-refractivity contribution in [2.45, 2.75) is 50.5 Å². The predicted octanol–water partition coefficient (Wildman–Crippen LogP) is 5.71. The number of anilines is 1. The number of carbonyl (C=O) groups excluding carboxylic acids is 1. The van der Waals surface area contributed by atoms with Crippen LogP contribution >= 0.6 is 22.7 Å². The van der Waals surface area contributed by atoms with Gasteiger partial charge in [-0.1, -0.05) is 23.5 Å². The van der Waals surface area contributed by atoms with Crippen molar-refractivity contribution in [1.29, 1.82) is 0 Å². The molecule has 2 fully saturated rings. The molecule has 4 aromatic rings. The van der Waals surface area contributed by atoms with E-state index in [-0.39, 0.29) is 30.3 Å². The molecule has 4 heterocycles. The average molecular weight is 575 g/mol. The Morgan fingerprint density at radius 2 is 1.97 bits per heavy atom. The van der Waals surface area contributed by atoms with Gasteiger partial charge in [-0.2, -0.15) is 13.2 Å². The molecule has 1 saturated heterocycles. The van der Waals surface area contributed by atoms with Crippen LogP contribution in [0.25, 0.3) is 21.6 Å². The van der Waals surface area contributed by atoms with Crippen LogP contribution in [0.1, 0.15) is 35.1 Å². The number of hydrogen-bond acceptors (Lipinski definition) is 7. The smallest absolute Gasteiger partial charge is 0.382 e. The molecule has 2 atom stereocenters. The highest BCUT2D eigenvalue weighted by Gasteiger charge is 2.44. The number of alkyl halides is 3. The summed E-state index contributed by atoms with van der Waals surface area (Å²) in [4.78, 5) is 16.1. The fourth-order valence-corrected chi connectivity index (χ4v) is 7.05. The van der Waals surface area contributed by atoms with Gasteiger partial charge in [0, 0.05) is 33.8 Å². The van der Waals surface area contributed by atoms with Crippen LogP contribution in [0.2, 0.25) is 0 Å². The number of benzene rings is 1. The van der Waals surface area contributed by atoms with Crippen LogP contribution in [0.3, 0.4) is 0 Å². The van der Waals surface area contributed by atoms with Crippen molar-refractivity contribution in [1.82, 2.24) is 25.0 Å². The summed E-state index contributed by atoms with van der Waals surface area (Å²) >= 11 is 2.87. The van der Waals surface area contributed by atoms with Crippen molar-refractivity contribution in [3.8, 4) is 10.7 Å². The number of likely N-dealkylation sites (tertiary alicyclic amines) is 1. The lowest BCUT2D eigenvalue weighted by atomic mass is 10.0. The third kappa shape index (κ3) is 5.82. The molecule has 1 aliphatic heterocycles. The number of nitrogens with zero attached hydrogens (tertiary/aromatic N) is 4. The number of thiophene rings is 1. The highest BCUT2D eigenvalue weighted by Crippen LogP contribution is 2.49. The van der Waals surface area contributed by atoms with Crippen LogP contribution in [0.5, 0.6) is 0 Å². The summed E-state index contributed by atoms with van der Waals surface area (Å²) in [6.45, 7) is 1.04. The van der Waals surface area contributed by atoms with Gasteiger partial charge in [-0.05, 0) is 69.0 Å². The Hall–Kier alpha value is -2.96. The number of nitrogens with one attached hydrogen (secondary N) is 2. The quantitative estimate of drug-likeness (QED) is 0.282. The largest absolute Gasteiger partial charge is 0.406 e. The van der Waals surface area contributed by atoms with Crippen molar-refractivity contribution in [3.63, 3.8) is 0 Å². The molecule has 206 valence electrons. The van der Waals surface area contributed by atoms with E-state index in [1.807, 2.05) is 23.6 Å². The molecule has 6 rings (SSSR count). The van der Waals surface area contributed by atoms with Crippen molar-refractivity contribution in [3.05, 3.63) is 51.7 Å². The molecule has 0 bridgehead atoms. The molecule has 2 unspecified atom stereocenters. The number of amides is 1. The summed E-state index contributed by atoms with van der Waals surface area (Å²) in [6.07, 6.45) is -1.62. The zero-order chi connectivity index (χ0) is 27.1. The second kappa shape index (κ2) is 10.5. The van der Waals surface area contributed by atoms with Gasteiger partial charge in [-0.25, -0.2) is 0 Å². The van der Waals surface area contributed by atoms with E-state index >= 15 is 0 Å². The van der Waals surface area contributed by atoms with Crippen LogP contribution in [-0.4, -0.2) is 57.9 Å². The van der Waals surface area contributed by atoms with Gasteiger partial charge in [-0.3, -0.25) is 4.79 Å². The number of fused-ring (bicyclic) bond motifs is 1. The van der Waals surface area contributed by atoms with Gasteiger partial charge >= 0.3 is 6.18 Å². The van der Waals surface area contributed by atoms with Crippen molar-refractivity contribution in [2.24, 2.45) is 5.92 Å². The van der Waals surface area contributed by atoms with Crippen molar-refractivity contribution in [2.75, 3.05) is 25.5 Å². The normalized spacial score (nSPS) is 20.4. The fourth-order valence-electron chi connectivity index (χ4n) is 5.33. The van der Waals surface area contributed by atoms with E-state index in [1.165, 1.54) is 20.8 Å². The van der Waals surface area contributed by atoms with Gasteiger partial charge in [0.05, 0.1) is 17.8 Å². The van der Waals surface area contributed by atoms with Crippen LogP contribution < -0.4 is 10.6 Å². The number of hydrogen-bond donors (Lipinski definition) is 2. The SMILES string of the molecule is CN1CCC(Nc2cccc3c2cc(-c2nnc(CNC(=O)C4CC4c4cccs4)s2)n3CC(F)(F)F)CC1. The zero-order valence-corrected chi connectivity index (χ0v) is 23.0. The van der Waals surface area contributed by atoms with E-state index in [9.17, 15) is 18.0 Å². The lowest BCUT2D eigenvalue weighted by Gasteiger charge is -2.30. The standard InChI is InChI=1S/C27H29F3N6OS2/c1-35-9-7-16(8-10-35)32-20-4-2-5-21-19(20)13-22(36(21)15-27(28,29)30)26-34-33-24(39-26)14-31-25(37)18-12-17(18)23-6-3-11-38-23/h2-6,11,13,16-18,32H,7-10,12,14-15H2,1H3,(H,31,37). The molecule has 0 spiro atoms. The molecular formula is C27H29F3N6OS2. The fraction of sp³-hybridized carbons (Fsp3) is 0.444. The summed E-state index contributed by atoms with van der Waals surface area (Å²) in [6, 6.07) is 11.5. The van der Waals surface area contributed by atoms with Crippen molar-refractivity contribution >= 4 is 45.2 Å². The van der Waals surface area contributed by atoms with Gasteiger partial charge in [0.25, 0.3) is 0 Å². The molecule has 1 amide bonds. The summed E-state index contributed by atoms with van der Waals surface area (Å²) < 4.78 is 42.3. The van der Waals surface area contributed by atoms with Gasteiger partial charge in [-0.15, -0.1) is 21.5 Å². The molecule has 1 aromatic carbocycles. The summed E-state index contributed by atoms with van der Waals surface area (Å²) in [5.41, 5.74) is 1.69. The Kier molecular flexibility index (Phi) is 7.11. The average Bonchev–Trinajstić information content (AvgIpc) is 3.24. The second-order valence-corrected chi connectivity index (χ2v) is 12.4. The number of piperidine rings is 1. The first-order valence-electron chi connectivity index (χ1n) is 13.0. The van der Waals surface area contributed by atoms with E-state index in [0.717, 1.165) is 43.4 Å². The van der Waals surface area contributed by atoms with Crippen LogP contribution in [0.15, 0.2) is 41.8 Å². The Bertz CT molecular complexity index is 1460. The highest BCUT2D eigenvalue weighted by molar-refractivity contribution is 7.14. The molecule has 7 nitrogen and oxygen atoms in total. The molecule has 2 N–H and O–H groups in total. The molecule has 3 aromatic heterocycles. The van der Waals surface area contributed by atoms with Gasteiger partial charge in [0.15, 0.2) is 5.01 Å². The second-order valence-electron chi connectivity index (χ2n) is 10.4. The number of carbonyl (C=O) groups is 1. The molecule has 0 radical (unpaired) electrons. The topological polar surface area (TPSA) is 75.1 Å². The van der Waals surface area contributed by atoms with Crippen molar-refractivity contribution < 1.29 is 18.0 Å². The number of aromatic nitrogens is 3. The van der Waals surface area contributed by atoms with Gasteiger partial charge in [0.2, 0.25) is 5.91 Å². The van der Waals surface area contributed by atoms with E-state index in [1.54, 1.807) is 29.5 Å². The van der Waals surface area contributed by atoms with E-state index in [0.29, 0.717) is 21.2 Å². The number of halogens is 3. The molecule has 2 aliphatic rings. The minimum Gasteiger partial charge on any atom is -0.382 e.